The van der Waals surface area contributed by atoms with Gasteiger partial charge in [0.25, 0.3) is 0 Å². The molecule has 2 fully saturated rings. The van der Waals surface area contributed by atoms with Crippen molar-refractivity contribution in [1.29, 1.82) is 0 Å². The molecule has 0 aromatic heterocycles. The highest BCUT2D eigenvalue weighted by Crippen LogP contribution is 2.37. The Kier molecular flexibility index (Phi) is 5.34. The van der Waals surface area contributed by atoms with Crippen LogP contribution >= 0.6 is 0 Å². The predicted octanol–water partition coefficient (Wildman–Crippen LogP) is 5.15. The third-order valence-electron chi connectivity index (χ3n) is 5.80. The smallest absolute Gasteiger partial charge is 0.00697 e. The van der Waals surface area contributed by atoms with Crippen molar-refractivity contribution in [1.82, 2.24) is 5.32 Å². The summed E-state index contributed by atoms with van der Waals surface area (Å²) in [5, 5.41) is 3.97. The lowest BCUT2D eigenvalue weighted by Crippen LogP contribution is -2.40. The van der Waals surface area contributed by atoms with E-state index >= 15 is 0 Å². The van der Waals surface area contributed by atoms with Gasteiger partial charge in [0.2, 0.25) is 0 Å². The molecule has 2 rings (SSSR count). The van der Waals surface area contributed by atoms with Crippen LogP contribution in [0, 0.1) is 17.3 Å². The topological polar surface area (TPSA) is 12.0 Å². The summed E-state index contributed by atoms with van der Waals surface area (Å²) < 4.78 is 0. The summed E-state index contributed by atoms with van der Waals surface area (Å²) in [6.45, 7) is 9.70. The standard InChI is InChI=1S/C18H35N/c1-14(15-8-5-6-9-15)19-17-11-7-10-16(12-13-17)18(2,3)4/h14-17,19H,5-13H2,1-4H3/t14-,16?,17?/m0/s1. The van der Waals surface area contributed by atoms with E-state index in [0.29, 0.717) is 5.41 Å². The molecule has 2 unspecified atom stereocenters. The molecule has 0 heterocycles. The maximum absolute atomic E-state index is 3.97. The lowest BCUT2D eigenvalue weighted by Gasteiger charge is -2.30. The highest BCUT2D eigenvalue weighted by molar-refractivity contribution is 4.85. The maximum Gasteiger partial charge on any atom is 0.00697 e. The van der Waals surface area contributed by atoms with Crippen LogP contribution in [0.25, 0.3) is 0 Å². The molecular formula is C18H35N. The second-order valence-electron chi connectivity index (χ2n) is 8.27. The monoisotopic (exact) mass is 265 g/mol. The minimum atomic E-state index is 0.506. The van der Waals surface area contributed by atoms with Crippen molar-refractivity contribution in [2.24, 2.45) is 17.3 Å². The Morgan fingerprint density at radius 1 is 0.842 bits per heavy atom. The molecule has 1 nitrogen and oxygen atoms in total. The first kappa shape index (κ1) is 15.4. The Bertz CT molecular complexity index is 259. The fourth-order valence-electron chi connectivity index (χ4n) is 4.30. The quantitative estimate of drug-likeness (QED) is 0.696. The fourth-order valence-corrected chi connectivity index (χ4v) is 4.30. The van der Waals surface area contributed by atoms with Gasteiger partial charge in [-0.3, -0.25) is 0 Å². The largest absolute Gasteiger partial charge is 0.311 e. The van der Waals surface area contributed by atoms with Gasteiger partial charge in [0.1, 0.15) is 0 Å². The van der Waals surface area contributed by atoms with Gasteiger partial charge < -0.3 is 5.32 Å². The number of rotatable bonds is 3. The Hall–Kier alpha value is -0.0400. The minimum absolute atomic E-state index is 0.506. The summed E-state index contributed by atoms with van der Waals surface area (Å²) in [5.74, 6) is 1.89. The van der Waals surface area contributed by atoms with E-state index in [0.717, 1.165) is 23.9 Å². The predicted molar refractivity (Wildman–Crippen MR) is 84.4 cm³/mol. The Morgan fingerprint density at radius 2 is 1.53 bits per heavy atom. The van der Waals surface area contributed by atoms with Gasteiger partial charge in [-0.2, -0.15) is 0 Å². The summed E-state index contributed by atoms with van der Waals surface area (Å²) in [4.78, 5) is 0. The molecule has 1 N–H and O–H groups in total. The molecular weight excluding hydrogens is 230 g/mol. The first-order valence-electron chi connectivity index (χ1n) is 8.73. The van der Waals surface area contributed by atoms with E-state index in [4.69, 9.17) is 0 Å². The molecule has 0 aromatic rings. The molecule has 19 heavy (non-hydrogen) atoms. The van der Waals surface area contributed by atoms with Gasteiger partial charge in [0, 0.05) is 12.1 Å². The summed E-state index contributed by atoms with van der Waals surface area (Å²) in [7, 11) is 0. The third-order valence-corrected chi connectivity index (χ3v) is 5.80. The van der Waals surface area contributed by atoms with Crippen molar-refractivity contribution >= 4 is 0 Å². The first-order chi connectivity index (χ1) is 8.97. The van der Waals surface area contributed by atoms with Gasteiger partial charge in [0.15, 0.2) is 0 Å². The second-order valence-corrected chi connectivity index (χ2v) is 8.27. The molecule has 2 aliphatic carbocycles. The Balaban J connectivity index is 1.79. The van der Waals surface area contributed by atoms with E-state index in [9.17, 15) is 0 Å². The first-order valence-corrected chi connectivity index (χ1v) is 8.73. The normalized spacial score (nSPS) is 32.2. The van der Waals surface area contributed by atoms with Gasteiger partial charge in [-0.1, -0.05) is 40.0 Å². The molecule has 2 saturated carbocycles. The number of hydrogen-bond donors (Lipinski definition) is 1. The van der Waals surface area contributed by atoms with Crippen LogP contribution in [0.5, 0.6) is 0 Å². The molecule has 2 aliphatic rings. The summed E-state index contributed by atoms with van der Waals surface area (Å²) >= 11 is 0. The van der Waals surface area contributed by atoms with Crippen molar-refractivity contribution in [3.63, 3.8) is 0 Å². The summed E-state index contributed by atoms with van der Waals surface area (Å²) in [6.07, 6.45) is 13.0. The van der Waals surface area contributed by atoms with Gasteiger partial charge in [-0.25, -0.2) is 0 Å². The maximum atomic E-state index is 3.97. The van der Waals surface area contributed by atoms with E-state index in [1.165, 1.54) is 57.8 Å². The van der Waals surface area contributed by atoms with E-state index < -0.39 is 0 Å². The molecule has 0 aliphatic heterocycles. The Labute approximate surface area is 120 Å². The van der Waals surface area contributed by atoms with Crippen LogP contribution in [0.1, 0.15) is 85.5 Å². The molecule has 0 spiro atoms. The van der Waals surface area contributed by atoms with Crippen LogP contribution in [0.15, 0.2) is 0 Å². The fraction of sp³-hybridized carbons (Fsp3) is 1.00. The van der Waals surface area contributed by atoms with Crippen molar-refractivity contribution in [3.05, 3.63) is 0 Å². The van der Waals surface area contributed by atoms with Crippen LogP contribution in [-0.2, 0) is 0 Å². The van der Waals surface area contributed by atoms with E-state index in [2.05, 4.69) is 33.0 Å². The molecule has 0 radical (unpaired) electrons. The zero-order valence-electron chi connectivity index (χ0n) is 13.7. The van der Waals surface area contributed by atoms with E-state index in [-0.39, 0.29) is 0 Å². The molecule has 0 amide bonds. The summed E-state index contributed by atoms with van der Waals surface area (Å²) in [6, 6.07) is 1.54. The zero-order valence-corrected chi connectivity index (χ0v) is 13.7. The highest BCUT2D eigenvalue weighted by Gasteiger charge is 2.29. The third kappa shape index (κ3) is 4.48. The lowest BCUT2D eigenvalue weighted by molar-refractivity contribution is 0.212. The van der Waals surface area contributed by atoms with Gasteiger partial charge in [-0.15, -0.1) is 0 Å². The average Bonchev–Trinajstić information content (AvgIpc) is 2.75. The van der Waals surface area contributed by atoms with E-state index in [1.807, 2.05) is 0 Å². The molecule has 0 saturated heterocycles. The van der Waals surface area contributed by atoms with Crippen LogP contribution in [-0.4, -0.2) is 12.1 Å². The van der Waals surface area contributed by atoms with Crippen LogP contribution in [0.2, 0.25) is 0 Å². The van der Waals surface area contributed by atoms with Crippen molar-refractivity contribution in [2.45, 2.75) is 97.6 Å². The van der Waals surface area contributed by atoms with Crippen molar-refractivity contribution in [2.75, 3.05) is 0 Å². The zero-order chi connectivity index (χ0) is 13.9. The highest BCUT2D eigenvalue weighted by atomic mass is 15.0. The van der Waals surface area contributed by atoms with Crippen LogP contribution in [0.3, 0.4) is 0 Å². The van der Waals surface area contributed by atoms with E-state index in [1.54, 1.807) is 0 Å². The molecule has 112 valence electrons. The second kappa shape index (κ2) is 6.61. The number of nitrogens with one attached hydrogen (secondary N) is 1. The lowest BCUT2D eigenvalue weighted by atomic mass is 9.76. The van der Waals surface area contributed by atoms with Crippen LogP contribution in [0.4, 0.5) is 0 Å². The molecule has 1 heteroatoms. The Morgan fingerprint density at radius 3 is 2.16 bits per heavy atom. The van der Waals surface area contributed by atoms with Gasteiger partial charge in [-0.05, 0) is 62.7 Å². The average molecular weight is 265 g/mol. The van der Waals surface area contributed by atoms with Gasteiger partial charge in [0.05, 0.1) is 0 Å². The summed E-state index contributed by atoms with van der Waals surface area (Å²) in [5.41, 5.74) is 0.506. The number of hydrogen-bond acceptors (Lipinski definition) is 1. The van der Waals surface area contributed by atoms with Crippen molar-refractivity contribution < 1.29 is 0 Å². The SMILES string of the molecule is C[C@H](NC1CCCC(C(C)(C)C)CC1)C1CCCC1. The molecule has 3 atom stereocenters. The van der Waals surface area contributed by atoms with Gasteiger partial charge >= 0.3 is 0 Å². The molecule has 0 aromatic carbocycles. The minimum Gasteiger partial charge on any atom is -0.311 e. The molecule has 0 bridgehead atoms. The van der Waals surface area contributed by atoms with Crippen LogP contribution < -0.4 is 5.32 Å². The van der Waals surface area contributed by atoms with Crippen molar-refractivity contribution in [3.8, 4) is 0 Å².